The highest BCUT2D eigenvalue weighted by atomic mass is 16.5. The number of carbonyl (C=O) groups excluding carboxylic acids is 4. The molecule has 0 radical (unpaired) electrons. The molecule has 1 aliphatic heterocycles. The molecule has 162 valence electrons. The minimum atomic E-state index is -0.883. The van der Waals surface area contributed by atoms with Gasteiger partial charge in [-0.3, -0.25) is 19.3 Å². The average Bonchev–Trinajstić information content (AvgIpc) is 3.35. The minimum Gasteiger partial charge on any atom is -0.452 e. The van der Waals surface area contributed by atoms with Gasteiger partial charge in [-0.05, 0) is 56.7 Å². The maximum atomic E-state index is 12.9. The molecule has 1 aromatic rings. The van der Waals surface area contributed by atoms with E-state index in [1.807, 2.05) is 0 Å². The van der Waals surface area contributed by atoms with Crippen molar-refractivity contribution in [1.82, 2.24) is 10.2 Å². The molecule has 0 spiro atoms. The van der Waals surface area contributed by atoms with E-state index in [1.165, 1.54) is 23.1 Å². The number of nitrogens with one attached hydrogen (secondary N) is 1. The second-order valence-electron chi connectivity index (χ2n) is 8.56. The number of fused-ring (bicyclic) bond motifs is 1. The molecule has 8 nitrogen and oxygen atoms in total. The highest BCUT2D eigenvalue weighted by Crippen LogP contribution is 2.32. The fourth-order valence-corrected chi connectivity index (χ4v) is 4.82. The number of amides is 3. The van der Waals surface area contributed by atoms with Crippen molar-refractivity contribution in [3.8, 4) is 6.07 Å². The molecule has 8 heteroatoms. The van der Waals surface area contributed by atoms with Gasteiger partial charge in [0, 0.05) is 6.04 Å². The Labute approximate surface area is 180 Å². The van der Waals surface area contributed by atoms with Gasteiger partial charge in [0.05, 0.1) is 22.8 Å². The van der Waals surface area contributed by atoms with Crippen molar-refractivity contribution in [3.05, 3.63) is 34.9 Å². The topological polar surface area (TPSA) is 117 Å². The summed E-state index contributed by atoms with van der Waals surface area (Å²) in [6.07, 6.45) is 7.61. The molecule has 2 aliphatic carbocycles. The first kappa shape index (κ1) is 21.0. The van der Waals surface area contributed by atoms with Crippen molar-refractivity contribution in [1.29, 1.82) is 5.26 Å². The SMILES string of the molecule is N#CC1(NC(=O)COC(=O)c2ccc3c(c2)C(=O)N(C2CCCCC2)C3=O)CCCC1. The van der Waals surface area contributed by atoms with Crippen LogP contribution in [-0.4, -0.2) is 46.8 Å². The van der Waals surface area contributed by atoms with E-state index in [0.29, 0.717) is 18.4 Å². The molecule has 1 aromatic carbocycles. The second-order valence-corrected chi connectivity index (χ2v) is 8.56. The van der Waals surface area contributed by atoms with E-state index in [0.717, 1.165) is 44.9 Å². The van der Waals surface area contributed by atoms with Crippen LogP contribution in [0.4, 0.5) is 0 Å². The number of hydrogen-bond acceptors (Lipinski definition) is 6. The summed E-state index contributed by atoms with van der Waals surface area (Å²) in [6.45, 7) is -0.513. The largest absolute Gasteiger partial charge is 0.452 e. The lowest BCUT2D eigenvalue weighted by Gasteiger charge is -2.29. The van der Waals surface area contributed by atoms with Gasteiger partial charge < -0.3 is 10.1 Å². The highest BCUT2D eigenvalue weighted by Gasteiger charge is 2.40. The fraction of sp³-hybridized carbons (Fsp3) is 0.522. The molecule has 0 aromatic heterocycles. The van der Waals surface area contributed by atoms with E-state index < -0.39 is 24.0 Å². The lowest BCUT2D eigenvalue weighted by atomic mass is 9.94. The number of imide groups is 1. The Morgan fingerprint density at radius 2 is 1.74 bits per heavy atom. The molecule has 3 aliphatic rings. The lowest BCUT2D eigenvalue weighted by molar-refractivity contribution is -0.125. The predicted octanol–water partition coefficient (Wildman–Crippen LogP) is 2.72. The zero-order valence-electron chi connectivity index (χ0n) is 17.3. The molecule has 1 N–H and O–H groups in total. The van der Waals surface area contributed by atoms with Crippen LogP contribution in [0.15, 0.2) is 18.2 Å². The van der Waals surface area contributed by atoms with Crippen molar-refractivity contribution in [2.45, 2.75) is 69.4 Å². The van der Waals surface area contributed by atoms with Gasteiger partial charge in [0.2, 0.25) is 0 Å². The van der Waals surface area contributed by atoms with E-state index in [-0.39, 0.29) is 29.0 Å². The van der Waals surface area contributed by atoms with Gasteiger partial charge in [0.25, 0.3) is 17.7 Å². The molecule has 4 rings (SSSR count). The van der Waals surface area contributed by atoms with Gasteiger partial charge in [0.1, 0.15) is 5.54 Å². The molecule has 2 fully saturated rings. The monoisotopic (exact) mass is 423 g/mol. The summed E-state index contributed by atoms with van der Waals surface area (Å²) in [5.41, 5.74) is -0.285. The van der Waals surface area contributed by atoms with Crippen LogP contribution in [0.5, 0.6) is 0 Å². The summed E-state index contributed by atoms with van der Waals surface area (Å²) in [6, 6.07) is 6.33. The first-order chi connectivity index (χ1) is 14.9. The Morgan fingerprint density at radius 1 is 1.06 bits per heavy atom. The van der Waals surface area contributed by atoms with E-state index in [9.17, 15) is 24.4 Å². The molecule has 0 unspecified atom stereocenters. The third-order valence-corrected chi connectivity index (χ3v) is 6.48. The van der Waals surface area contributed by atoms with Crippen LogP contribution in [0.2, 0.25) is 0 Å². The first-order valence-corrected chi connectivity index (χ1v) is 10.9. The Morgan fingerprint density at radius 3 is 2.42 bits per heavy atom. The summed E-state index contributed by atoms with van der Waals surface area (Å²) in [5.74, 6) is -1.99. The number of hydrogen-bond donors (Lipinski definition) is 1. The van der Waals surface area contributed by atoms with Crippen molar-refractivity contribution >= 4 is 23.7 Å². The van der Waals surface area contributed by atoms with Gasteiger partial charge in [-0.25, -0.2) is 4.79 Å². The van der Waals surface area contributed by atoms with Crippen molar-refractivity contribution in [2.75, 3.05) is 6.61 Å². The van der Waals surface area contributed by atoms with Crippen LogP contribution in [0.3, 0.4) is 0 Å². The molecule has 31 heavy (non-hydrogen) atoms. The summed E-state index contributed by atoms with van der Waals surface area (Å²) < 4.78 is 5.08. The summed E-state index contributed by atoms with van der Waals surface area (Å²) in [4.78, 5) is 51.5. The van der Waals surface area contributed by atoms with E-state index in [1.54, 1.807) is 0 Å². The van der Waals surface area contributed by atoms with Gasteiger partial charge in [0.15, 0.2) is 6.61 Å². The zero-order valence-corrected chi connectivity index (χ0v) is 17.3. The van der Waals surface area contributed by atoms with Gasteiger partial charge in [-0.1, -0.05) is 19.3 Å². The van der Waals surface area contributed by atoms with Crippen LogP contribution in [0.1, 0.15) is 88.9 Å². The first-order valence-electron chi connectivity index (χ1n) is 10.9. The quantitative estimate of drug-likeness (QED) is 0.575. The molecular weight excluding hydrogens is 398 g/mol. The van der Waals surface area contributed by atoms with Gasteiger partial charge >= 0.3 is 5.97 Å². The minimum absolute atomic E-state index is 0.0942. The number of ether oxygens (including phenoxy) is 1. The molecule has 0 bridgehead atoms. The summed E-state index contributed by atoms with van der Waals surface area (Å²) in [7, 11) is 0. The van der Waals surface area contributed by atoms with Crippen LogP contribution in [-0.2, 0) is 9.53 Å². The normalized spacial score (nSPS) is 20.3. The van der Waals surface area contributed by atoms with E-state index in [4.69, 9.17) is 4.74 Å². The van der Waals surface area contributed by atoms with Crippen molar-refractivity contribution in [2.24, 2.45) is 0 Å². The number of benzene rings is 1. The molecule has 2 saturated carbocycles. The lowest BCUT2D eigenvalue weighted by Crippen LogP contribution is -2.46. The van der Waals surface area contributed by atoms with E-state index in [2.05, 4.69) is 11.4 Å². The fourth-order valence-electron chi connectivity index (χ4n) is 4.82. The Balaban J connectivity index is 1.40. The van der Waals surface area contributed by atoms with Crippen molar-refractivity contribution < 1.29 is 23.9 Å². The summed E-state index contributed by atoms with van der Waals surface area (Å²) >= 11 is 0. The molecule has 0 saturated heterocycles. The number of esters is 1. The van der Waals surface area contributed by atoms with Crippen LogP contribution in [0.25, 0.3) is 0 Å². The van der Waals surface area contributed by atoms with Gasteiger partial charge in [-0.15, -0.1) is 0 Å². The number of rotatable bonds is 5. The second kappa shape index (κ2) is 8.50. The highest BCUT2D eigenvalue weighted by molar-refractivity contribution is 6.22. The summed E-state index contributed by atoms with van der Waals surface area (Å²) in [5, 5.41) is 12.0. The van der Waals surface area contributed by atoms with Crippen molar-refractivity contribution in [3.63, 3.8) is 0 Å². The average molecular weight is 423 g/mol. The zero-order chi connectivity index (χ0) is 22.0. The Kier molecular flexibility index (Phi) is 5.77. The molecular formula is C23H25N3O5. The van der Waals surface area contributed by atoms with Gasteiger partial charge in [-0.2, -0.15) is 5.26 Å². The molecule has 1 heterocycles. The number of nitrogens with zero attached hydrogens (tertiary/aromatic N) is 2. The maximum Gasteiger partial charge on any atom is 0.338 e. The number of nitriles is 1. The van der Waals surface area contributed by atoms with Crippen LogP contribution >= 0.6 is 0 Å². The Bertz CT molecular complexity index is 968. The molecule has 0 atom stereocenters. The van der Waals surface area contributed by atoms with E-state index >= 15 is 0 Å². The number of carbonyl (C=O) groups is 4. The standard InChI is InChI=1S/C23H25N3O5/c24-14-23(10-4-5-11-23)25-19(27)13-31-22(30)15-8-9-17-18(12-15)21(29)26(20(17)28)16-6-2-1-3-7-16/h8-9,12,16H,1-7,10-11,13H2,(H,25,27). The third-order valence-electron chi connectivity index (χ3n) is 6.48. The smallest absolute Gasteiger partial charge is 0.338 e. The predicted molar refractivity (Wildman–Crippen MR) is 109 cm³/mol. The van der Waals surface area contributed by atoms with Crippen LogP contribution in [0, 0.1) is 11.3 Å². The maximum absolute atomic E-state index is 12.9. The Hall–Kier alpha value is -3.21. The van der Waals surface area contributed by atoms with Crippen LogP contribution < -0.4 is 5.32 Å². The third kappa shape index (κ3) is 4.05. The molecule has 3 amide bonds.